The molecule has 8 aliphatic carbocycles. The first kappa shape index (κ1) is 28.2. The van der Waals surface area contributed by atoms with Crippen LogP contribution in [0.1, 0.15) is 130 Å². The molecule has 0 aliphatic heterocycles. The van der Waals surface area contributed by atoms with Crippen LogP contribution in [-0.2, 0) is 0 Å². The molecule has 42 heavy (non-hydrogen) atoms. The van der Waals surface area contributed by atoms with Crippen molar-refractivity contribution in [2.75, 3.05) is 0 Å². The first-order valence-electron chi connectivity index (χ1n) is 18.0. The molecule has 0 aromatic heterocycles. The zero-order valence-electron chi connectivity index (χ0n) is 26.9. The number of nitrogens with zero attached hydrogens (tertiary/aromatic N) is 2. The molecule has 8 rings (SSSR count). The minimum atomic E-state index is -0.216. The zero-order valence-corrected chi connectivity index (χ0v) is 26.9. The Balaban J connectivity index is 1.02. The average molecular weight is 573 g/mol. The molecule has 0 bridgehead atoms. The molecule has 0 saturated heterocycles. The number of hydrogen-bond acceptors (Lipinski definition) is 4. The highest BCUT2D eigenvalue weighted by Gasteiger charge is 2.60. The Labute approximate surface area is 254 Å². The van der Waals surface area contributed by atoms with Crippen LogP contribution in [-0.4, -0.2) is 33.8 Å². The van der Waals surface area contributed by atoms with Gasteiger partial charge >= 0.3 is 0 Å². The highest BCUT2D eigenvalue weighted by molar-refractivity contribution is 5.95. The molecule has 6 fully saturated rings. The van der Waals surface area contributed by atoms with Crippen molar-refractivity contribution < 1.29 is 10.2 Å². The van der Waals surface area contributed by atoms with Gasteiger partial charge in [0.25, 0.3) is 0 Å². The molecule has 8 unspecified atom stereocenters. The van der Waals surface area contributed by atoms with Crippen LogP contribution in [0.25, 0.3) is 0 Å². The maximum absolute atomic E-state index is 10.4. The summed E-state index contributed by atoms with van der Waals surface area (Å²) in [5.74, 6) is 4.61. The summed E-state index contributed by atoms with van der Waals surface area (Å²) in [4.78, 5) is 0. The molecule has 0 aromatic carbocycles. The van der Waals surface area contributed by atoms with Gasteiger partial charge in [-0.1, -0.05) is 51.0 Å². The van der Waals surface area contributed by atoms with E-state index in [1.807, 2.05) is 0 Å². The predicted molar refractivity (Wildman–Crippen MR) is 170 cm³/mol. The lowest BCUT2D eigenvalue weighted by Crippen LogP contribution is -2.50. The molecule has 8 aliphatic rings. The van der Waals surface area contributed by atoms with Crippen molar-refractivity contribution in [3.8, 4) is 0 Å². The van der Waals surface area contributed by atoms with Gasteiger partial charge in [0.05, 0.1) is 12.2 Å². The molecule has 0 amide bonds. The Bertz CT molecular complexity index is 1260. The number of aliphatic hydroxyl groups excluding tert-OH is 2. The van der Waals surface area contributed by atoms with Gasteiger partial charge in [-0.3, -0.25) is 0 Å². The van der Waals surface area contributed by atoms with Crippen molar-refractivity contribution in [2.24, 2.45) is 67.4 Å². The fraction of sp³-hybridized carbons (Fsp3) is 0.842. The van der Waals surface area contributed by atoms with E-state index in [4.69, 9.17) is 10.2 Å². The van der Waals surface area contributed by atoms with Crippen molar-refractivity contribution in [1.82, 2.24) is 0 Å². The molecule has 0 aromatic rings. The molecule has 12 atom stereocenters. The summed E-state index contributed by atoms with van der Waals surface area (Å²) < 4.78 is 0. The maximum Gasteiger partial charge on any atom is 0.0724 e. The van der Waals surface area contributed by atoms with Gasteiger partial charge in [0.2, 0.25) is 0 Å². The number of rotatable bonds is 1. The van der Waals surface area contributed by atoms with Crippen LogP contribution in [0.3, 0.4) is 0 Å². The fourth-order valence-electron chi connectivity index (χ4n) is 13.4. The van der Waals surface area contributed by atoms with Gasteiger partial charge < -0.3 is 10.2 Å². The topological polar surface area (TPSA) is 65.2 Å². The van der Waals surface area contributed by atoms with Gasteiger partial charge in [-0.15, -0.1) is 0 Å². The molecule has 0 radical (unpaired) electrons. The van der Waals surface area contributed by atoms with E-state index in [-0.39, 0.29) is 23.0 Å². The van der Waals surface area contributed by atoms with Gasteiger partial charge in [0.15, 0.2) is 0 Å². The van der Waals surface area contributed by atoms with Crippen LogP contribution in [0.15, 0.2) is 33.5 Å². The monoisotopic (exact) mass is 572 g/mol. The minimum absolute atomic E-state index is 0.122. The van der Waals surface area contributed by atoms with E-state index in [0.717, 1.165) is 67.6 Å². The van der Waals surface area contributed by atoms with E-state index in [9.17, 15) is 10.2 Å². The summed E-state index contributed by atoms with van der Waals surface area (Å²) in [5, 5.41) is 31.2. The molecule has 2 N–H and O–H groups in total. The van der Waals surface area contributed by atoms with Crippen molar-refractivity contribution in [3.63, 3.8) is 0 Å². The lowest BCUT2D eigenvalue weighted by molar-refractivity contribution is -0.0250. The highest BCUT2D eigenvalue weighted by Crippen LogP contribution is 2.66. The second-order valence-electron chi connectivity index (χ2n) is 17.4. The van der Waals surface area contributed by atoms with E-state index in [0.29, 0.717) is 10.8 Å². The predicted octanol–water partition coefficient (Wildman–Crippen LogP) is 8.43. The van der Waals surface area contributed by atoms with Crippen LogP contribution in [0.5, 0.6) is 0 Å². The third kappa shape index (κ3) is 3.85. The second-order valence-corrected chi connectivity index (χ2v) is 17.4. The molecule has 4 nitrogen and oxygen atoms in total. The van der Waals surface area contributed by atoms with Crippen LogP contribution in [0.4, 0.5) is 0 Å². The molecule has 0 heterocycles. The SMILES string of the molecule is C[C@]12CCC(O)CC1=CCC1C2CC[C@]2(C)/C(=N/N=C3\CCC4C5CCC6=CC(O)CC[C@]6(C)C5CC[C@]34C)CCC12. The number of hydrogen-bond donors (Lipinski definition) is 2. The van der Waals surface area contributed by atoms with E-state index in [1.54, 1.807) is 11.1 Å². The lowest BCUT2D eigenvalue weighted by Gasteiger charge is -2.57. The average Bonchev–Trinajstić information content (AvgIpc) is 3.48. The van der Waals surface area contributed by atoms with Crippen LogP contribution >= 0.6 is 0 Å². The van der Waals surface area contributed by atoms with E-state index < -0.39 is 0 Å². The smallest absolute Gasteiger partial charge is 0.0724 e. The van der Waals surface area contributed by atoms with Crippen LogP contribution < -0.4 is 0 Å². The number of aliphatic hydroxyl groups is 2. The third-order valence-corrected chi connectivity index (χ3v) is 15.9. The number of fused-ring (bicyclic) bond motifs is 10. The maximum atomic E-state index is 10.4. The van der Waals surface area contributed by atoms with Crippen molar-refractivity contribution in [2.45, 2.75) is 143 Å². The first-order chi connectivity index (χ1) is 20.1. The minimum Gasteiger partial charge on any atom is -0.393 e. The summed E-state index contributed by atoms with van der Waals surface area (Å²) >= 11 is 0. The van der Waals surface area contributed by atoms with Gasteiger partial charge in [0.1, 0.15) is 0 Å². The van der Waals surface area contributed by atoms with Crippen LogP contribution in [0, 0.1) is 57.2 Å². The standard InChI is InChI=1S/C38H56N2O2/c1-35-17-13-25(41)21-23(35)5-7-27-29-9-11-33(37(29,3)19-15-31(27)35)39-40-34-12-10-30-28-8-6-24-22-26(42)14-18-36(24,2)32(28)16-20-38(30,34)4/h5,22,25-32,41-42H,6-21H2,1-4H3/b39-33+,40-34+/t25?,26?,27?,28?,29?,30?,31?,32?,35-,36-,37-,38-/m0/s1. The molecule has 230 valence electrons. The van der Waals surface area contributed by atoms with Crippen LogP contribution in [0.2, 0.25) is 0 Å². The van der Waals surface area contributed by atoms with Gasteiger partial charge in [-0.2, -0.15) is 10.2 Å². The van der Waals surface area contributed by atoms with Gasteiger partial charge in [-0.05, 0) is 149 Å². The third-order valence-electron chi connectivity index (χ3n) is 15.9. The summed E-state index contributed by atoms with van der Waals surface area (Å²) in [6.07, 6.45) is 23.3. The van der Waals surface area contributed by atoms with Crippen molar-refractivity contribution in [3.05, 3.63) is 23.3 Å². The first-order valence-corrected chi connectivity index (χ1v) is 18.0. The van der Waals surface area contributed by atoms with E-state index in [1.165, 1.54) is 82.1 Å². The summed E-state index contributed by atoms with van der Waals surface area (Å²) in [6.45, 7) is 10.2. The summed E-state index contributed by atoms with van der Waals surface area (Å²) in [5.41, 5.74) is 7.02. The lowest BCUT2D eigenvalue weighted by atomic mass is 9.47. The molecular formula is C38H56N2O2. The van der Waals surface area contributed by atoms with Gasteiger partial charge in [-0.25, -0.2) is 0 Å². The Morgan fingerprint density at radius 3 is 1.83 bits per heavy atom. The largest absolute Gasteiger partial charge is 0.393 e. The van der Waals surface area contributed by atoms with E-state index in [2.05, 4.69) is 39.8 Å². The quantitative estimate of drug-likeness (QED) is 0.245. The number of allylic oxidation sites excluding steroid dienone is 2. The Hall–Kier alpha value is -1.26. The van der Waals surface area contributed by atoms with Crippen molar-refractivity contribution in [1.29, 1.82) is 0 Å². The normalized spacial score (nSPS) is 55.1. The summed E-state index contributed by atoms with van der Waals surface area (Å²) in [6, 6.07) is 0. The zero-order chi connectivity index (χ0) is 29.1. The van der Waals surface area contributed by atoms with E-state index >= 15 is 0 Å². The fourth-order valence-corrected chi connectivity index (χ4v) is 13.4. The second kappa shape index (κ2) is 9.62. The Morgan fingerprint density at radius 2 is 1.14 bits per heavy atom. The highest BCUT2D eigenvalue weighted by atomic mass is 16.3. The molecular weight excluding hydrogens is 516 g/mol. The Kier molecular flexibility index (Phi) is 6.47. The molecule has 0 spiro atoms. The summed E-state index contributed by atoms with van der Waals surface area (Å²) in [7, 11) is 0. The van der Waals surface area contributed by atoms with Crippen molar-refractivity contribution >= 4 is 11.4 Å². The Morgan fingerprint density at radius 1 is 0.595 bits per heavy atom. The molecule has 6 saturated carbocycles. The van der Waals surface area contributed by atoms with Gasteiger partial charge in [0, 0.05) is 22.3 Å². The molecule has 4 heteroatoms.